The van der Waals surface area contributed by atoms with E-state index >= 15 is 0 Å². The summed E-state index contributed by atoms with van der Waals surface area (Å²) in [6.07, 6.45) is 1.90. The summed E-state index contributed by atoms with van der Waals surface area (Å²) in [6, 6.07) is 15.0. The summed E-state index contributed by atoms with van der Waals surface area (Å²) in [4.78, 5) is 35.2. The first kappa shape index (κ1) is 19.9. The molecule has 0 radical (unpaired) electrons. The Bertz CT molecular complexity index is 1010. The number of H-pyrrole nitrogens is 1. The van der Waals surface area contributed by atoms with Crippen molar-refractivity contribution in [2.75, 3.05) is 26.2 Å². The summed E-state index contributed by atoms with van der Waals surface area (Å²) < 4.78 is 5.50. The molecule has 1 aliphatic heterocycles. The molecule has 0 bridgehead atoms. The van der Waals surface area contributed by atoms with Gasteiger partial charge in [0.05, 0.1) is 29.7 Å². The number of amides is 2. The molecule has 156 valence electrons. The van der Waals surface area contributed by atoms with Crippen molar-refractivity contribution in [2.24, 2.45) is 0 Å². The molecule has 3 aromatic rings. The molecule has 1 fully saturated rings. The number of para-hydroxylation sites is 3. The normalized spacial score (nSPS) is 16.4. The molecular weight excluding hydrogens is 380 g/mol. The van der Waals surface area contributed by atoms with Crippen LogP contribution >= 0.6 is 0 Å². The highest BCUT2D eigenvalue weighted by molar-refractivity contribution is 5.98. The third kappa shape index (κ3) is 4.30. The van der Waals surface area contributed by atoms with E-state index in [4.69, 9.17) is 9.72 Å². The average Bonchev–Trinajstić information content (AvgIpc) is 3.22. The van der Waals surface area contributed by atoms with Gasteiger partial charge in [-0.2, -0.15) is 0 Å². The van der Waals surface area contributed by atoms with Crippen LogP contribution in [0.15, 0.2) is 48.5 Å². The molecule has 1 saturated heterocycles. The lowest BCUT2D eigenvalue weighted by Gasteiger charge is -2.32. The number of aromatic amines is 1. The summed E-state index contributed by atoms with van der Waals surface area (Å²) in [5, 5.41) is 2.74. The minimum atomic E-state index is -0.307. The van der Waals surface area contributed by atoms with E-state index in [2.05, 4.69) is 10.3 Å². The molecule has 2 amide bonds. The minimum Gasteiger partial charge on any atom is -0.493 e. The maximum absolute atomic E-state index is 12.7. The van der Waals surface area contributed by atoms with E-state index in [0.29, 0.717) is 31.0 Å². The van der Waals surface area contributed by atoms with Gasteiger partial charge in [0.1, 0.15) is 11.6 Å². The van der Waals surface area contributed by atoms with Crippen LogP contribution in [0.4, 0.5) is 0 Å². The Morgan fingerprint density at radius 3 is 2.83 bits per heavy atom. The lowest BCUT2D eigenvalue weighted by atomic mass is 9.97. The van der Waals surface area contributed by atoms with Crippen molar-refractivity contribution in [3.63, 3.8) is 0 Å². The van der Waals surface area contributed by atoms with Gasteiger partial charge < -0.3 is 19.9 Å². The number of nitrogens with zero attached hydrogens (tertiary/aromatic N) is 2. The fraction of sp³-hybridized carbons (Fsp3) is 0.348. The van der Waals surface area contributed by atoms with Gasteiger partial charge in [-0.1, -0.05) is 24.3 Å². The monoisotopic (exact) mass is 406 g/mol. The standard InChI is InChI=1S/C23H26N4O3/c1-2-30-20-12-6-3-9-17(20)23(29)24-14-21(28)27-13-7-8-16(15-27)22-25-18-10-4-5-11-19(18)26-22/h3-6,9-12,16H,2,7-8,13-15H2,1H3,(H,24,29)(H,25,26). The maximum atomic E-state index is 12.7. The zero-order chi connectivity index (χ0) is 20.9. The molecule has 0 aliphatic carbocycles. The molecule has 2 heterocycles. The molecule has 1 aliphatic rings. The lowest BCUT2D eigenvalue weighted by Crippen LogP contribution is -2.44. The molecule has 4 rings (SSSR count). The number of carbonyl (C=O) groups is 2. The number of nitrogens with one attached hydrogen (secondary N) is 2. The Balaban J connectivity index is 1.37. The molecule has 2 aromatic carbocycles. The van der Waals surface area contributed by atoms with Crippen LogP contribution in [0.3, 0.4) is 0 Å². The fourth-order valence-corrected chi connectivity index (χ4v) is 3.89. The van der Waals surface area contributed by atoms with Crippen molar-refractivity contribution in [2.45, 2.75) is 25.7 Å². The minimum absolute atomic E-state index is 0.0356. The predicted molar refractivity (Wildman–Crippen MR) is 115 cm³/mol. The number of hydrogen-bond acceptors (Lipinski definition) is 4. The van der Waals surface area contributed by atoms with Gasteiger partial charge in [0.25, 0.3) is 5.91 Å². The van der Waals surface area contributed by atoms with Crippen LogP contribution in [-0.4, -0.2) is 52.9 Å². The summed E-state index contributed by atoms with van der Waals surface area (Å²) in [5.41, 5.74) is 2.39. The summed E-state index contributed by atoms with van der Waals surface area (Å²) in [5.74, 6) is 1.22. The van der Waals surface area contributed by atoms with Crippen molar-refractivity contribution >= 4 is 22.8 Å². The highest BCUT2D eigenvalue weighted by Gasteiger charge is 2.27. The highest BCUT2D eigenvalue weighted by Crippen LogP contribution is 2.26. The molecule has 0 saturated carbocycles. The van der Waals surface area contributed by atoms with Gasteiger partial charge in [0.2, 0.25) is 5.91 Å². The van der Waals surface area contributed by atoms with Gasteiger partial charge in [-0.3, -0.25) is 9.59 Å². The molecular formula is C23H26N4O3. The number of aromatic nitrogens is 2. The number of likely N-dealkylation sites (tertiary alicyclic amines) is 1. The third-order valence-corrected chi connectivity index (χ3v) is 5.40. The van der Waals surface area contributed by atoms with Crippen molar-refractivity contribution in [1.29, 1.82) is 0 Å². The SMILES string of the molecule is CCOc1ccccc1C(=O)NCC(=O)N1CCCC(c2nc3ccccc3[nH]2)C1. The molecule has 7 nitrogen and oxygen atoms in total. The van der Waals surface area contributed by atoms with Gasteiger partial charge in [-0.25, -0.2) is 4.98 Å². The van der Waals surface area contributed by atoms with Crippen molar-refractivity contribution in [3.05, 3.63) is 59.9 Å². The Morgan fingerprint density at radius 2 is 2.00 bits per heavy atom. The number of ether oxygens (including phenoxy) is 1. The molecule has 2 N–H and O–H groups in total. The van der Waals surface area contributed by atoms with Gasteiger partial charge in [-0.05, 0) is 44.0 Å². The molecule has 1 atom stereocenters. The van der Waals surface area contributed by atoms with Crippen LogP contribution < -0.4 is 10.1 Å². The highest BCUT2D eigenvalue weighted by atomic mass is 16.5. The first-order valence-electron chi connectivity index (χ1n) is 10.4. The van der Waals surface area contributed by atoms with Gasteiger partial charge in [0.15, 0.2) is 0 Å². The van der Waals surface area contributed by atoms with E-state index < -0.39 is 0 Å². The van der Waals surface area contributed by atoms with Crippen LogP contribution in [-0.2, 0) is 4.79 Å². The van der Waals surface area contributed by atoms with Crippen LogP contribution in [0.5, 0.6) is 5.75 Å². The van der Waals surface area contributed by atoms with E-state index in [1.54, 1.807) is 18.2 Å². The summed E-state index contributed by atoms with van der Waals surface area (Å²) in [6.45, 7) is 3.60. The van der Waals surface area contributed by atoms with Crippen molar-refractivity contribution < 1.29 is 14.3 Å². The van der Waals surface area contributed by atoms with E-state index in [1.807, 2.05) is 42.2 Å². The van der Waals surface area contributed by atoms with Crippen LogP contribution in [0.25, 0.3) is 11.0 Å². The molecule has 7 heteroatoms. The van der Waals surface area contributed by atoms with Crippen molar-refractivity contribution in [1.82, 2.24) is 20.2 Å². The first-order valence-corrected chi connectivity index (χ1v) is 10.4. The average molecular weight is 406 g/mol. The first-order chi connectivity index (χ1) is 14.7. The van der Waals surface area contributed by atoms with Crippen LogP contribution in [0, 0.1) is 0 Å². The third-order valence-electron chi connectivity index (χ3n) is 5.40. The van der Waals surface area contributed by atoms with E-state index in [9.17, 15) is 9.59 Å². The molecule has 1 unspecified atom stereocenters. The molecule has 30 heavy (non-hydrogen) atoms. The lowest BCUT2D eigenvalue weighted by molar-refractivity contribution is -0.131. The molecule has 1 aromatic heterocycles. The quantitative estimate of drug-likeness (QED) is 0.659. The number of benzene rings is 2. The Morgan fingerprint density at radius 1 is 1.20 bits per heavy atom. The second kappa shape index (κ2) is 8.98. The number of hydrogen-bond donors (Lipinski definition) is 2. The predicted octanol–water partition coefficient (Wildman–Crippen LogP) is 3.10. The van der Waals surface area contributed by atoms with Gasteiger partial charge >= 0.3 is 0 Å². The fourth-order valence-electron chi connectivity index (χ4n) is 3.89. The van der Waals surface area contributed by atoms with E-state index in [0.717, 1.165) is 29.7 Å². The summed E-state index contributed by atoms with van der Waals surface area (Å²) in [7, 11) is 0. The number of piperidine rings is 1. The number of rotatable bonds is 6. The Kier molecular flexibility index (Phi) is 5.97. The van der Waals surface area contributed by atoms with Crippen LogP contribution in [0.1, 0.15) is 41.9 Å². The smallest absolute Gasteiger partial charge is 0.255 e. The zero-order valence-electron chi connectivity index (χ0n) is 17.1. The Hall–Kier alpha value is -3.35. The largest absolute Gasteiger partial charge is 0.493 e. The molecule has 0 spiro atoms. The van der Waals surface area contributed by atoms with Crippen molar-refractivity contribution in [3.8, 4) is 5.75 Å². The maximum Gasteiger partial charge on any atom is 0.255 e. The second-order valence-corrected chi connectivity index (χ2v) is 7.43. The number of carbonyl (C=O) groups excluding carboxylic acids is 2. The van der Waals surface area contributed by atoms with Gasteiger partial charge in [0, 0.05) is 19.0 Å². The Labute approximate surface area is 175 Å². The number of imidazole rings is 1. The number of fused-ring (bicyclic) bond motifs is 1. The van der Waals surface area contributed by atoms with Gasteiger partial charge in [-0.15, -0.1) is 0 Å². The van der Waals surface area contributed by atoms with E-state index in [-0.39, 0.29) is 24.3 Å². The van der Waals surface area contributed by atoms with Crippen LogP contribution in [0.2, 0.25) is 0 Å². The zero-order valence-corrected chi connectivity index (χ0v) is 17.1. The van der Waals surface area contributed by atoms with E-state index in [1.165, 1.54) is 0 Å². The topological polar surface area (TPSA) is 87.3 Å². The summed E-state index contributed by atoms with van der Waals surface area (Å²) >= 11 is 0. The second-order valence-electron chi connectivity index (χ2n) is 7.43.